The first kappa shape index (κ1) is 31.8. The van der Waals surface area contributed by atoms with Gasteiger partial charge < -0.3 is 39.8 Å². The molecule has 2 heterocycles. The lowest BCUT2D eigenvalue weighted by molar-refractivity contribution is -0.384. The summed E-state index contributed by atoms with van der Waals surface area (Å²) in [7, 11) is -17.0. The molecule has 1 aromatic carbocycles. The number of carbonyl (C=O) groups is 1. The van der Waals surface area contributed by atoms with Crippen LogP contribution in [0.15, 0.2) is 41.3 Å². The minimum Gasteiger partial charge on any atom is -0.387 e. The summed E-state index contributed by atoms with van der Waals surface area (Å²) in [6.07, 6.45) is -6.02. The lowest BCUT2D eigenvalue weighted by Crippen LogP contribution is -2.36. The van der Waals surface area contributed by atoms with Crippen molar-refractivity contribution in [1.29, 1.82) is 0 Å². The van der Waals surface area contributed by atoms with Gasteiger partial charge in [0.15, 0.2) is 6.23 Å². The molecule has 1 aromatic heterocycles. The van der Waals surface area contributed by atoms with Crippen molar-refractivity contribution in [3.05, 3.63) is 62.7 Å². The van der Waals surface area contributed by atoms with E-state index in [1.165, 1.54) is 12.1 Å². The highest BCUT2D eigenvalue weighted by molar-refractivity contribution is 7.66. The zero-order valence-corrected chi connectivity index (χ0v) is 22.0. The fraction of sp³-hybridized carbons (Fsp3) is 0.312. The molecule has 7 N–H and O–H groups in total. The number of nitrogens with one attached hydrogen (secondary N) is 1. The Morgan fingerprint density at radius 2 is 1.68 bits per heavy atom. The highest BCUT2D eigenvalue weighted by Crippen LogP contribution is 2.66. The van der Waals surface area contributed by atoms with Gasteiger partial charge in [0, 0.05) is 23.9 Å². The van der Waals surface area contributed by atoms with Crippen molar-refractivity contribution in [2.45, 2.75) is 24.5 Å². The average Bonchev–Trinajstić information content (AvgIpc) is 3.09. The second kappa shape index (κ2) is 12.0. The topological polar surface area (TPSA) is 317 Å². The maximum Gasteiger partial charge on any atom is 0.490 e. The van der Waals surface area contributed by atoms with Gasteiger partial charge >= 0.3 is 29.2 Å². The van der Waals surface area contributed by atoms with Crippen molar-refractivity contribution >= 4 is 40.9 Å². The van der Waals surface area contributed by atoms with Crippen LogP contribution in [0.4, 0.5) is 11.5 Å². The number of hydrogen-bond donors (Lipinski definition) is 7. The fourth-order valence-corrected chi connectivity index (χ4v) is 6.20. The molecule has 6 atom stereocenters. The third-order valence-electron chi connectivity index (χ3n) is 4.84. The molecule has 3 rings (SSSR count). The number of nitro benzene ring substituents is 1. The number of ether oxygens (including phenoxy) is 1. The molecule has 2 aromatic rings. The van der Waals surface area contributed by atoms with Crippen molar-refractivity contribution in [3.8, 4) is 0 Å². The number of phosphoric acid groups is 3. The lowest BCUT2D eigenvalue weighted by atomic mass is 10.1. The van der Waals surface area contributed by atoms with Crippen LogP contribution in [0.1, 0.15) is 16.6 Å². The first-order valence-corrected chi connectivity index (χ1v) is 14.8. The summed E-state index contributed by atoms with van der Waals surface area (Å²) in [5.74, 6) is -1.03. The molecule has 0 radical (unpaired) electrons. The van der Waals surface area contributed by atoms with Gasteiger partial charge in [0.1, 0.15) is 24.1 Å². The fourth-order valence-electron chi connectivity index (χ4n) is 3.17. The molecule has 1 aliphatic heterocycles. The van der Waals surface area contributed by atoms with Crippen LogP contribution >= 0.6 is 23.5 Å². The van der Waals surface area contributed by atoms with E-state index in [1.807, 2.05) is 0 Å². The van der Waals surface area contributed by atoms with Crippen molar-refractivity contribution in [2.75, 3.05) is 11.9 Å². The Kier molecular flexibility index (Phi) is 9.55. The van der Waals surface area contributed by atoms with Crippen molar-refractivity contribution in [2.24, 2.45) is 0 Å². The van der Waals surface area contributed by atoms with E-state index in [-0.39, 0.29) is 17.1 Å². The standard InChI is InChI=1S/C16H19N4O17P3/c21-12-10(7-34-39(30,31)37-40(32,33)36-38(27,28)29)35-15(13(12)22)19-6-5-11(18-16(19)24)17-14(23)8-1-3-9(4-2-8)20(25)26/h1-6,10,12-13,15,21-22H,7H2,(H,30,31)(H,32,33)(H2,27,28,29)(H,17,18,23,24)/t10-,12-,13-,15-/m1/s1. The Bertz CT molecular complexity index is 1480. The van der Waals surface area contributed by atoms with E-state index in [4.69, 9.17) is 19.4 Å². The Hall–Kier alpha value is -2.74. The Labute approximate surface area is 221 Å². The highest BCUT2D eigenvalue weighted by Gasteiger charge is 2.46. The molecule has 1 aliphatic rings. The van der Waals surface area contributed by atoms with Gasteiger partial charge in [-0.15, -0.1) is 0 Å². The zero-order chi connectivity index (χ0) is 30.0. The largest absolute Gasteiger partial charge is 0.490 e. The third-order valence-corrected chi connectivity index (χ3v) is 8.64. The third kappa shape index (κ3) is 8.38. The van der Waals surface area contributed by atoms with E-state index in [0.29, 0.717) is 4.57 Å². The Balaban J connectivity index is 1.65. The van der Waals surface area contributed by atoms with E-state index >= 15 is 0 Å². The van der Waals surface area contributed by atoms with E-state index < -0.39 is 71.1 Å². The van der Waals surface area contributed by atoms with Crippen molar-refractivity contribution in [1.82, 2.24) is 9.55 Å². The minimum absolute atomic E-state index is 0.00749. The number of nitrogens with zero attached hydrogens (tertiary/aromatic N) is 3. The maximum atomic E-state index is 12.5. The lowest BCUT2D eigenvalue weighted by Gasteiger charge is -2.19. The van der Waals surface area contributed by atoms with Gasteiger partial charge in [0.2, 0.25) is 0 Å². The summed E-state index contributed by atoms with van der Waals surface area (Å²) in [5.41, 5.74) is -1.35. The van der Waals surface area contributed by atoms with Crippen LogP contribution in [0, 0.1) is 10.1 Å². The van der Waals surface area contributed by atoms with Crippen LogP contribution in [0.2, 0.25) is 0 Å². The number of amides is 1. The van der Waals surface area contributed by atoms with E-state index in [2.05, 4.69) is 23.4 Å². The zero-order valence-electron chi connectivity index (χ0n) is 19.3. The molecule has 0 saturated carbocycles. The molecule has 0 bridgehead atoms. The molecule has 2 unspecified atom stereocenters. The highest BCUT2D eigenvalue weighted by atomic mass is 31.3. The molecule has 0 spiro atoms. The second-order valence-electron chi connectivity index (χ2n) is 7.69. The molecule has 1 amide bonds. The SMILES string of the molecule is O=C(Nc1ccn([C@@H]2O[C@H](COP(=O)(O)OP(=O)(O)OP(=O)(O)O)[C@@H](O)[C@H]2O)c(=O)n1)c1ccc([N+](=O)[O-])cc1. The van der Waals surface area contributed by atoms with Gasteiger partial charge in [0.25, 0.3) is 11.6 Å². The van der Waals surface area contributed by atoms with E-state index in [1.54, 1.807) is 0 Å². The summed E-state index contributed by atoms with van der Waals surface area (Å²) in [6.45, 7) is -1.11. The van der Waals surface area contributed by atoms with Crippen LogP contribution in [-0.4, -0.2) is 75.1 Å². The van der Waals surface area contributed by atoms with Crippen molar-refractivity contribution < 1.29 is 71.1 Å². The molecule has 0 aliphatic carbocycles. The summed E-state index contributed by atoms with van der Waals surface area (Å²) in [4.78, 5) is 74.2. The molecule has 40 heavy (non-hydrogen) atoms. The number of non-ortho nitro benzene ring substituents is 1. The normalized spacial score (nSPS) is 24.1. The Morgan fingerprint density at radius 1 is 1.05 bits per heavy atom. The molecular formula is C16H19N4O17P3. The maximum absolute atomic E-state index is 12.5. The number of aliphatic hydroxyl groups excluding tert-OH is 2. The van der Waals surface area contributed by atoms with Gasteiger partial charge in [-0.25, -0.2) is 18.5 Å². The summed E-state index contributed by atoms with van der Waals surface area (Å²) in [6, 6.07) is 5.62. The number of phosphoric ester groups is 1. The number of rotatable bonds is 11. The number of carbonyl (C=O) groups excluding carboxylic acids is 1. The van der Waals surface area contributed by atoms with Crippen molar-refractivity contribution in [3.63, 3.8) is 0 Å². The van der Waals surface area contributed by atoms with Gasteiger partial charge in [-0.1, -0.05) is 0 Å². The van der Waals surface area contributed by atoms with E-state index in [0.717, 1.165) is 24.4 Å². The van der Waals surface area contributed by atoms with Crippen LogP contribution < -0.4 is 11.0 Å². The molecule has 220 valence electrons. The van der Waals surface area contributed by atoms with Crippen LogP contribution in [0.25, 0.3) is 0 Å². The van der Waals surface area contributed by atoms with Gasteiger partial charge in [-0.3, -0.25) is 24.0 Å². The monoisotopic (exact) mass is 632 g/mol. The number of aliphatic hydroxyl groups is 2. The molecule has 1 fully saturated rings. The Morgan fingerprint density at radius 3 is 2.23 bits per heavy atom. The summed E-state index contributed by atoms with van der Waals surface area (Å²) >= 11 is 0. The number of aromatic nitrogens is 2. The predicted octanol–water partition coefficient (Wildman–Crippen LogP) is -0.634. The number of benzene rings is 1. The number of hydrogen-bond acceptors (Lipinski definition) is 14. The smallest absolute Gasteiger partial charge is 0.387 e. The van der Waals surface area contributed by atoms with Gasteiger partial charge in [-0.05, 0) is 18.2 Å². The molecule has 21 nitrogen and oxygen atoms in total. The predicted molar refractivity (Wildman–Crippen MR) is 125 cm³/mol. The molecule has 1 saturated heterocycles. The van der Waals surface area contributed by atoms with Gasteiger partial charge in [-0.2, -0.15) is 13.6 Å². The average molecular weight is 632 g/mol. The van der Waals surface area contributed by atoms with Crippen LogP contribution in [0.5, 0.6) is 0 Å². The first-order valence-electron chi connectivity index (χ1n) is 10.3. The molecule has 24 heteroatoms. The first-order chi connectivity index (χ1) is 18.4. The van der Waals surface area contributed by atoms with E-state index in [9.17, 15) is 48.5 Å². The van der Waals surface area contributed by atoms with Gasteiger partial charge in [0.05, 0.1) is 11.5 Å². The molecular weight excluding hydrogens is 613 g/mol. The minimum atomic E-state index is -5.80. The number of nitro groups is 1. The summed E-state index contributed by atoms with van der Waals surface area (Å²) in [5, 5.41) is 33.5. The second-order valence-corrected chi connectivity index (χ2v) is 12.1. The van der Waals surface area contributed by atoms with Crippen LogP contribution in [-0.2, 0) is 31.6 Å². The number of anilines is 1. The van der Waals surface area contributed by atoms with Crippen LogP contribution in [0.3, 0.4) is 0 Å². The quantitative estimate of drug-likeness (QED) is 0.0920. The summed E-state index contributed by atoms with van der Waals surface area (Å²) < 4.78 is 51.3.